The molecular formula is C15H20N4O. The molecule has 106 valence electrons. The molecule has 0 radical (unpaired) electrons. The molecule has 0 spiro atoms. The van der Waals surface area contributed by atoms with Crippen LogP contribution in [0, 0.1) is 0 Å². The van der Waals surface area contributed by atoms with Crippen molar-refractivity contribution in [2.75, 3.05) is 12.3 Å². The van der Waals surface area contributed by atoms with Crippen LogP contribution in [0.1, 0.15) is 26.3 Å². The van der Waals surface area contributed by atoms with Crippen LogP contribution in [-0.2, 0) is 4.79 Å². The molecule has 0 bridgehead atoms. The summed E-state index contributed by atoms with van der Waals surface area (Å²) in [7, 11) is 0. The van der Waals surface area contributed by atoms with Crippen molar-refractivity contribution in [3.63, 3.8) is 0 Å². The van der Waals surface area contributed by atoms with Crippen molar-refractivity contribution in [3.05, 3.63) is 36.7 Å². The van der Waals surface area contributed by atoms with E-state index >= 15 is 0 Å². The minimum Gasteiger partial charge on any atom is -0.398 e. The Labute approximate surface area is 118 Å². The van der Waals surface area contributed by atoms with Gasteiger partial charge in [0.2, 0.25) is 5.91 Å². The molecule has 0 fully saturated rings. The third kappa shape index (κ3) is 2.99. The first-order chi connectivity index (χ1) is 9.63. The minimum atomic E-state index is -0.333. The summed E-state index contributed by atoms with van der Waals surface area (Å²) in [5.74, 6) is -0.0254. The average Bonchev–Trinajstić information content (AvgIpc) is 2.94. The Bertz CT molecular complexity index is 591. The lowest BCUT2D eigenvalue weighted by atomic mass is 10.1. The topological polar surface area (TPSA) is 72.9 Å². The maximum atomic E-state index is 11.9. The van der Waals surface area contributed by atoms with Gasteiger partial charge >= 0.3 is 0 Å². The molecule has 20 heavy (non-hydrogen) atoms. The van der Waals surface area contributed by atoms with Gasteiger partial charge in [-0.1, -0.05) is 25.1 Å². The van der Waals surface area contributed by atoms with Gasteiger partial charge in [-0.25, -0.2) is 0 Å². The summed E-state index contributed by atoms with van der Waals surface area (Å²) in [5.41, 5.74) is 8.50. The molecule has 1 aromatic heterocycles. The number of carbonyl (C=O) groups is 1. The summed E-state index contributed by atoms with van der Waals surface area (Å²) in [6.07, 6.45) is 4.50. The largest absolute Gasteiger partial charge is 0.398 e. The van der Waals surface area contributed by atoms with Crippen molar-refractivity contribution in [1.29, 1.82) is 0 Å². The highest BCUT2D eigenvalue weighted by Gasteiger charge is 2.16. The Kier molecular flexibility index (Phi) is 4.40. The second-order valence-corrected chi connectivity index (χ2v) is 4.76. The lowest BCUT2D eigenvalue weighted by Gasteiger charge is -2.12. The monoisotopic (exact) mass is 272 g/mol. The van der Waals surface area contributed by atoms with Gasteiger partial charge in [-0.15, -0.1) is 0 Å². The highest BCUT2D eigenvalue weighted by atomic mass is 16.2. The van der Waals surface area contributed by atoms with Crippen LogP contribution in [0.4, 0.5) is 5.69 Å². The standard InChI is InChI=1S/C15H20N4O/c1-3-8-17-15(20)11(2)19-10-12(9-18-19)13-6-4-5-7-14(13)16/h4-7,9-11H,3,8,16H2,1-2H3,(H,17,20). The lowest BCUT2D eigenvalue weighted by molar-refractivity contribution is -0.124. The number of hydrogen-bond donors (Lipinski definition) is 2. The Morgan fingerprint density at radius 3 is 2.90 bits per heavy atom. The van der Waals surface area contributed by atoms with E-state index in [0.717, 1.165) is 17.5 Å². The fourth-order valence-corrected chi connectivity index (χ4v) is 1.96. The summed E-state index contributed by atoms with van der Waals surface area (Å²) in [6.45, 7) is 4.54. The number of amides is 1. The van der Waals surface area contributed by atoms with E-state index in [1.54, 1.807) is 10.9 Å². The van der Waals surface area contributed by atoms with Gasteiger partial charge < -0.3 is 11.1 Å². The second kappa shape index (κ2) is 6.23. The zero-order chi connectivity index (χ0) is 14.5. The van der Waals surface area contributed by atoms with Gasteiger partial charge in [-0.2, -0.15) is 5.10 Å². The van der Waals surface area contributed by atoms with Crippen LogP contribution in [-0.4, -0.2) is 22.2 Å². The molecule has 0 saturated heterocycles. The molecule has 1 unspecified atom stereocenters. The Morgan fingerprint density at radius 2 is 2.20 bits per heavy atom. The quantitative estimate of drug-likeness (QED) is 0.820. The van der Waals surface area contributed by atoms with E-state index in [2.05, 4.69) is 10.4 Å². The zero-order valence-corrected chi connectivity index (χ0v) is 11.8. The number of nitrogens with one attached hydrogen (secondary N) is 1. The first-order valence-corrected chi connectivity index (χ1v) is 6.80. The molecule has 1 amide bonds. The smallest absolute Gasteiger partial charge is 0.244 e. The van der Waals surface area contributed by atoms with E-state index in [1.807, 2.05) is 44.3 Å². The molecule has 1 aromatic carbocycles. The third-order valence-corrected chi connectivity index (χ3v) is 3.20. The van der Waals surface area contributed by atoms with Crippen molar-refractivity contribution >= 4 is 11.6 Å². The fourth-order valence-electron chi connectivity index (χ4n) is 1.96. The Hall–Kier alpha value is -2.30. The maximum absolute atomic E-state index is 11.9. The number of rotatable bonds is 5. The van der Waals surface area contributed by atoms with Crippen molar-refractivity contribution in [2.45, 2.75) is 26.3 Å². The van der Waals surface area contributed by atoms with Gasteiger partial charge in [0.15, 0.2) is 0 Å². The van der Waals surface area contributed by atoms with Gasteiger partial charge in [0.1, 0.15) is 6.04 Å². The summed E-state index contributed by atoms with van der Waals surface area (Å²) in [4.78, 5) is 11.9. The molecule has 2 aromatic rings. The van der Waals surface area contributed by atoms with Crippen molar-refractivity contribution in [2.24, 2.45) is 0 Å². The predicted octanol–water partition coefficient (Wildman–Crippen LogP) is 2.22. The molecule has 0 aliphatic rings. The Balaban J connectivity index is 2.17. The second-order valence-electron chi connectivity index (χ2n) is 4.76. The first-order valence-electron chi connectivity index (χ1n) is 6.80. The molecular weight excluding hydrogens is 252 g/mol. The third-order valence-electron chi connectivity index (χ3n) is 3.20. The number of nitrogen functional groups attached to an aromatic ring is 1. The molecule has 5 nitrogen and oxygen atoms in total. The van der Waals surface area contributed by atoms with Crippen LogP contribution >= 0.6 is 0 Å². The normalized spacial score (nSPS) is 12.1. The van der Waals surface area contributed by atoms with Gasteiger partial charge in [0, 0.05) is 29.6 Å². The number of nitrogens with zero attached hydrogens (tertiary/aromatic N) is 2. The molecule has 2 rings (SSSR count). The van der Waals surface area contributed by atoms with Gasteiger partial charge in [0.25, 0.3) is 0 Å². The summed E-state index contributed by atoms with van der Waals surface area (Å²) < 4.78 is 1.66. The van der Waals surface area contributed by atoms with Crippen LogP contribution in [0.3, 0.4) is 0 Å². The molecule has 0 aliphatic carbocycles. The number of benzene rings is 1. The van der Waals surface area contributed by atoms with Crippen molar-refractivity contribution in [1.82, 2.24) is 15.1 Å². The SMILES string of the molecule is CCCNC(=O)C(C)n1cc(-c2ccccc2N)cn1. The van der Waals surface area contributed by atoms with Gasteiger partial charge in [0.05, 0.1) is 6.20 Å². The van der Waals surface area contributed by atoms with E-state index in [9.17, 15) is 4.79 Å². The number of carbonyl (C=O) groups excluding carboxylic acids is 1. The molecule has 3 N–H and O–H groups in total. The molecule has 0 saturated carbocycles. The summed E-state index contributed by atoms with van der Waals surface area (Å²) in [5, 5.41) is 7.13. The predicted molar refractivity (Wildman–Crippen MR) is 80.1 cm³/mol. The molecule has 1 atom stereocenters. The number of aromatic nitrogens is 2. The number of anilines is 1. The van der Waals surface area contributed by atoms with Crippen molar-refractivity contribution < 1.29 is 4.79 Å². The van der Waals surface area contributed by atoms with E-state index in [4.69, 9.17) is 5.73 Å². The molecule has 5 heteroatoms. The lowest BCUT2D eigenvalue weighted by Crippen LogP contribution is -2.31. The van der Waals surface area contributed by atoms with Crippen LogP contribution in [0.15, 0.2) is 36.7 Å². The van der Waals surface area contributed by atoms with Gasteiger partial charge in [-0.3, -0.25) is 9.48 Å². The zero-order valence-electron chi connectivity index (χ0n) is 11.8. The Morgan fingerprint density at radius 1 is 1.45 bits per heavy atom. The van der Waals surface area contributed by atoms with Crippen LogP contribution in [0.25, 0.3) is 11.1 Å². The van der Waals surface area contributed by atoms with Crippen LogP contribution in [0.2, 0.25) is 0 Å². The number of para-hydroxylation sites is 1. The van der Waals surface area contributed by atoms with Crippen LogP contribution < -0.4 is 11.1 Å². The number of nitrogens with two attached hydrogens (primary N) is 1. The highest BCUT2D eigenvalue weighted by molar-refractivity contribution is 5.80. The van der Waals surface area contributed by atoms with Crippen LogP contribution in [0.5, 0.6) is 0 Å². The van der Waals surface area contributed by atoms with E-state index < -0.39 is 0 Å². The fraction of sp³-hybridized carbons (Fsp3) is 0.333. The van der Waals surface area contributed by atoms with E-state index in [1.165, 1.54) is 0 Å². The highest BCUT2D eigenvalue weighted by Crippen LogP contribution is 2.25. The van der Waals surface area contributed by atoms with Gasteiger partial charge in [-0.05, 0) is 19.4 Å². The first kappa shape index (κ1) is 14.1. The minimum absolute atomic E-state index is 0.0254. The average molecular weight is 272 g/mol. The number of hydrogen-bond acceptors (Lipinski definition) is 3. The summed E-state index contributed by atoms with van der Waals surface area (Å²) in [6, 6.07) is 7.29. The van der Waals surface area contributed by atoms with E-state index in [-0.39, 0.29) is 11.9 Å². The molecule has 1 heterocycles. The molecule has 0 aliphatic heterocycles. The summed E-state index contributed by atoms with van der Waals surface area (Å²) >= 11 is 0. The maximum Gasteiger partial charge on any atom is 0.244 e. The van der Waals surface area contributed by atoms with E-state index in [0.29, 0.717) is 12.2 Å². The van der Waals surface area contributed by atoms with Crippen molar-refractivity contribution in [3.8, 4) is 11.1 Å².